The predicted octanol–water partition coefficient (Wildman–Crippen LogP) is 4.15. The third-order valence-corrected chi connectivity index (χ3v) is 4.40. The van der Waals surface area contributed by atoms with Crippen molar-refractivity contribution in [3.8, 4) is 11.4 Å². The van der Waals surface area contributed by atoms with Crippen LogP contribution in [0.2, 0.25) is 0 Å². The number of alkyl halides is 3. The Balaban J connectivity index is 1.55. The molecule has 0 aliphatic heterocycles. The monoisotopic (exact) mass is 409 g/mol. The highest BCUT2D eigenvalue weighted by molar-refractivity contribution is 7.13. The van der Waals surface area contributed by atoms with Gasteiger partial charge in [-0.05, 0) is 41.9 Å². The molecule has 0 spiro atoms. The van der Waals surface area contributed by atoms with Gasteiger partial charge in [-0.15, -0.1) is 5.10 Å². The summed E-state index contributed by atoms with van der Waals surface area (Å²) >= 11 is 0.958. The Kier molecular flexibility index (Phi) is 4.26. The van der Waals surface area contributed by atoms with Gasteiger partial charge in [0.15, 0.2) is 0 Å². The zero-order valence-electron chi connectivity index (χ0n) is 13.5. The van der Waals surface area contributed by atoms with Gasteiger partial charge in [0, 0.05) is 17.3 Å². The summed E-state index contributed by atoms with van der Waals surface area (Å²) in [7, 11) is 0. The lowest BCUT2D eigenvalue weighted by atomic mass is 10.1. The first-order valence-corrected chi connectivity index (χ1v) is 8.33. The van der Waals surface area contributed by atoms with Crippen molar-refractivity contribution in [2.24, 2.45) is 0 Å². The molecule has 4 rings (SSSR count). The minimum atomic E-state index is -4.74. The number of carbonyl (C=O) groups is 1. The van der Waals surface area contributed by atoms with E-state index in [2.05, 4.69) is 29.6 Å². The van der Waals surface area contributed by atoms with Gasteiger partial charge in [0.25, 0.3) is 5.91 Å². The topological polar surface area (TPSA) is 93.8 Å². The van der Waals surface area contributed by atoms with E-state index < -0.39 is 23.8 Å². The molecule has 0 radical (unpaired) electrons. The lowest BCUT2D eigenvalue weighted by molar-refractivity contribution is -0.159. The van der Waals surface area contributed by atoms with Gasteiger partial charge in [-0.3, -0.25) is 4.79 Å². The first kappa shape index (κ1) is 18.0. The standard InChI is InChI=1S/C16H7F4N5O2S/c17-8-5-10(12-11(6-8)23-25-28-12)14(26)21-9-3-1-7(2-4-9)13-22-15(27-24-13)16(18,19)20/h1-6H,(H,21,26). The lowest BCUT2D eigenvalue weighted by Crippen LogP contribution is -2.12. The van der Waals surface area contributed by atoms with Crippen LogP contribution in [0.3, 0.4) is 0 Å². The molecule has 7 nitrogen and oxygen atoms in total. The molecule has 0 unspecified atom stereocenters. The number of amides is 1. The third kappa shape index (κ3) is 3.41. The van der Waals surface area contributed by atoms with Crippen LogP contribution in [0.15, 0.2) is 40.9 Å². The number of hydrogen-bond donors (Lipinski definition) is 1. The van der Waals surface area contributed by atoms with Crippen molar-refractivity contribution < 1.29 is 26.9 Å². The van der Waals surface area contributed by atoms with E-state index in [0.29, 0.717) is 10.4 Å². The highest BCUT2D eigenvalue weighted by atomic mass is 32.1. The first-order chi connectivity index (χ1) is 13.3. The number of rotatable bonds is 3. The van der Waals surface area contributed by atoms with Crippen LogP contribution in [0.1, 0.15) is 16.2 Å². The van der Waals surface area contributed by atoms with Crippen molar-refractivity contribution in [2.45, 2.75) is 6.18 Å². The molecular formula is C16H7F4N5O2S. The Morgan fingerprint density at radius 1 is 1.14 bits per heavy atom. The molecule has 2 heterocycles. The van der Waals surface area contributed by atoms with Crippen LogP contribution in [0.4, 0.5) is 23.2 Å². The maximum atomic E-state index is 13.7. The molecule has 0 saturated carbocycles. The summed E-state index contributed by atoms with van der Waals surface area (Å²) in [5, 5.41) is 9.60. The summed E-state index contributed by atoms with van der Waals surface area (Å²) in [5.41, 5.74) is 0.936. The minimum absolute atomic E-state index is 0.0714. The summed E-state index contributed by atoms with van der Waals surface area (Å²) in [6.07, 6.45) is -4.74. The van der Waals surface area contributed by atoms with Crippen LogP contribution in [0.25, 0.3) is 21.6 Å². The van der Waals surface area contributed by atoms with Gasteiger partial charge >= 0.3 is 12.1 Å². The number of carbonyl (C=O) groups excluding carboxylic acids is 1. The maximum absolute atomic E-state index is 13.7. The van der Waals surface area contributed by atoms with E-state index in [4.69, 9.17) is 0 Å². The summed E-state index contributed by atoms with van der Waals surface area (Å²) in [4.78, 5) is 15.7. The lowest BCUT2D eigenvalue weighted by Gasteiger charge is -2.06. The van der Waals surface area contributed by atoms with E-state index in [1.807, 2.05) is 0 Å². The Morgan fingerprint density at radius 2 is 1.89 bits per heavy atom. The number of fused-ring (bicyclic) bond motifs is 1. The van der Waals surface area contributed by atoms with E-state index in [-0.39, 0.29) is 22.5 Å². The van der Waals surface area contributed by atoms with Crippen LogP contribution < -0.4 is 5.32 Å². The number of aromatic nitrogens is 4. The van der Waals surface area contributed by atoms with Crippen LogP contribution in [-0.2, 0) is 6.18 Å². The predicted molar refractivity (Wildman–Crippen MR) is 90.1 cm³/mol. The summed E-state index contributed by atoms with van der Waals surface area (Å²) in [6, 6.07) is 7.96. The molecule has 0 bridgehead atoms. The SMILES string of the molecule is O=C(Nc1ccc(-c2noc(C(F)(F)F)n2)cc1)c1cc(F)cc2nnsc12. The second-order valence-corrected chi connectivity index (χ2v) is 6.28. The van der Waals surface area contributed by atoms with Gasteiger partial charge in [0.2, 0.25) is 5.82 Å². The average molecular weight is 409 g/mol. The Labute approximate surface area is 157 Å². The molecule has 12 heteroatoms. The van der Waals surface area contributed by atoms with Crippen LogP contribution in [0, 0.1) is 5.82 Å². The largest absolute Gasteiger partial charge is 0.471 e. The fourth-order valence-electron chi connectivity index (χ4n) is 2.38. The molecule has 0 aliphatic carbocycles. The number of hydrogen-bond acceptors (Lipinski definition) is 7. The maximum Gasteiger partial charge on any atom is 0.471 e. The van der Waals surface area contributed by atoms with Crippen molar-refractivity contribution in [3.05, 3.63) is 53.7 Å². The van der Waals surface area contributed by atoms with E-state index >= 15 is 0 Å². The number of anilines is 1. The second-order valence-electron chi connectivity index (χ2n) is 5.53. The first-order valence-electron chi connectivity index (χ1n) is 7.55. The Morgan fingerprint density at radius 3 is 2.57 bits per heavy atom. The van der Waals surface area contributed by atoms with Crippen LogP contribution in [0.5, 0.6) is 0 Å². The molecule has 1 N–H and O–H groups in total. The minimum Gasteiger partial charge on any atom is -0.329 e. The normalized spacial score (nSPS) is 11.7. The molecule has 2 aromatic heterocycles. The fraction of sp³-hybridized carbons (Fsp3) is 0.0625. The van der Waals surface area contributed by atoms with Gasteiger partial charge in [0.05, 0.1) is 10.3 Å². The van der Waals surface area contributed by atoms with Gasteiger partial charge < -0.3 is 9.84 Å². The highest BCUT2D eigenvalue weighted by Gasteiger charge is 2.38. The molecular weight excluding hydrogens is 402 g/mol. The number of halogens is 4. The highest BCUT2D eigenvalue weighted by Crippen LogP contribution is 2.30. The Hall–Kier alpha value is -3.41. The zero-order valence-corrected chi connectivity index (χ0v) is 14.3. The van der Waals surface area contributed by atoms with E-state index in [1.165, 1.54) is 30.3 Å². The molecule has 0 saturated heterocycles. The summed E-state index contributed by atoms with van der Waals surface area (Å²) in [6.45, 7) is 0. The number of nitrogens with one attached hydrogen (secondary N) is 1. The van der Waals surface area contributed by atoms with Crippen molar-refractivity contribution in [1.29, 1.82) is 0 Å². The summed E-state index contributed by atoms with van der Waals surface area (Å²) in [5.74, 6) is -2.90. The number of benzene rings is 2. The smallest absolute Gasteiger partial charge is 0.329 e. The molecule has 0 fully saturated rings. The average Bonchev–Trinajstić information content (AvgIpc) is 3.30. The van der Waals surface area contributed by atoms with Crippen LogP contribution in [-0.4, -0.2) is 25.6 Å². The van der Waals surface area contributed by atoms with Crippen molar-refractivity contribution in [1.82, 2.24) is 19.7 Å². The molecule has 2 aromatic carbocycles. The van der Waals surface area contributed by atoms with Crippen molar-refractivity contribution >= 4 is 33.3 Å². The molecule has 4 aromatic rings. The quantitative estimate of drug-likeness (QED) is 0.511. The van der Waals surface area contributed by atoms with Crippen LogP contribution >= 0.6 is 11.5 Å². The van der Waals surface area contributed by atoms with Crippen molar-refractivity contribution in [2.75, 3.05) is 5.32 Å². The molecule has 0 aliphatic rings. The molecule has 0 atom stereocenters. The van der Waals surface area contributed by atoms with Crippen molar-refractivity contribution in [3.63, 3.8) is 0 Å². The fourth-order valence-corrected chi connectivity index (χ4v) is 3.03. The van der Waals surface area contributed by atoms with E-state index in [0.717, 1.165) is 17.6 Å². The third-order valence-electron chi connectivity index (χ3n) is 3.63. The molecule has 1 amide bonds. The van der Waals surface area contributed by atoms with Gasteiger partial charge in [-0.2, -0.15) is 18.2 Å². The van der Waals surface area contributed by atoms with E-state index in [9.17, 15) is 22.4 Å². The molecule has 28 heavy (non-hydrogen) atoms. The van der Waals surface area contributed by atoms with Gasteiger partial charge in [0.1, 0.15) is 11.3 Å². The Bertz CT molecular complexity index is 1170. The van der Waals surface area contributed by atoms with Gasteiger partial charge in [-0.1, -0.05) is 9.64 Å². The zero-order chi connectivity index (χ0) is 19.9. The number of nitrogens with zero attached hydrogens (tertiary/aromatic N) is 4. The summed E-state index contributed by atoms with van der Waals surface area (Å²) < 4.78 is 59.5. The van der Waals surface area contributed by atoms with Gasteiger partial charge in [-0.25, -0.2) is 4.39 Å². The molecule has 142 valence electrons. The van der Waals surface area contributed by atoms with E-state index in [1.54, 1.807) is 0 Å². The second kappa shape index (κ2) is 6.64.